The fourth-order valence-electron chi connectivity index (χ4n) is 2.96. The summed E-state index contributed by atoms with van der Waals surface area (Å²) in [5.74, 6) is 2.80. The zero-order valence-electron chi connectivity index (χ0n) is 18.1. The van der Waals surface area contributed by atoms with Crippen LogP contribution in [0.15, 0.2) is 0 Å². The van der Waals surface area contributed by atoms with Crippen LogP contribution in [-0.4, -0.2) is 31.6 Å². The molecule has 6 heteroatoms. The van der Waals surface area contributed by atoms with E-state index in [1.165, 1.54) is 77.0 Å². The second-order valence-corrected chi connectivity index (χ2v) is 8.90. The third-order valence-corrected chi connectivity index (χ3v) is 5.60. The second-order valence-electron chi connectivity index (χ2n) is 7.35. The minimum Gasteiger partial charge on any atom is -0.422 e. The van der Waals surface area contributed by atoms with Crippen LogP contribution in [0.1, 0.15) is 110 Å². The summed E-state index contributed by atoms with van der Waals surface area (Å²) in [6.07, 6.45) is 21.4. The Morgan fingerprint density at radius 1 is 0.786 bits per heavy atom. The van der Waals surface area contributed by atoms with Crippen molar-refractivity contribution in [3.63, 3.8) is 0 Å². The molecule has 0 bridgehead atoms. The molecule has 0 amide bonds. The van der Waals surface area contributed by atoms with Crippen LogP contribution < -0.4 is 0 Å². The van der Waals surface area contributed by atoms with Gasteiger partial charge in [-0.3, -0.25) is 4.55 Å². The van der Waals surface area contributed by atoms with Crippen molar-refractivity contribution in [2.75, 3.05) is 13.2 Å². The van der Waals surface area contributed by atoms with Gasteiger partial charge in [-0.15, -0.1) is 0 Å². The summed E-state index contributed by atoms with van der Waals surface area (Å²) < 4.78 is 41.2. The summed E-state index contributed by atoms with van der Waals surface area (Å²) in [7, 11) is -4.31. The lowest BCUT2D eigenvalue weighted by molar-refractivity contribution is 0.0755. The van der Waals surface area contributed by atoms with E-state index in [0.717, 1.165) is 12.8 Å². The minimum absolute atomic E-state index is 0.219. The molecule has 0 saturated carbocycles. The molecule has 1 atom stereocenters. The van der Waals surface area contributed by atoms with Gasteiger partial charge in [-0.05, 0) is 13.3 Å². The quantitative estimate of drug-likeness (QED) is 0.156. The maximum atomic E-state index is 11.1. The predicted molar refractivity (Wildman–Crippen MR) is 116 cm³/mol. The van der Waals surface area contributed by atoms with Crippen LogP contribution in [0.2, 0.25) is 0 Å². The molecule has 0 radical (unpaired) electrons. The fourth-order valence-corrected chi connectivity index (χ4v) is 3.40. The van der Waals surface area contributed by atoms with Crippen LogP contribution >= 0.6 is 0 Å². The zero-order valence-corrected chi connectivity index (χ0v) is 18.9. The van der Waals surface area contributed by atoms with Gasteiger partial charge in [0, 0.05) is 13.0 Å². The molecule has 0 aromatic carbocycles. The predicted octanol–water partition coefficient (Wildman–Crippen LogP) is 6.09. The highest BCUT2D eigenvalue weighted by molar-refractivity contribution is 7.86. The highest BCUT2D eigenvalue weighted by Crippen LogP contribution is 2.13. The van der Waals surface area contributed by atoms with E-state index in [1.54, 1.807) is 6.92 Å². The molecule has 1 unspecified atom stereocenters. The summed E-state index contributed by atoms with van der Waals surface area (Å²) in [5, 5.41) is 0. The second kappa shape index (κ2) is 19.5. The maximum absolute atomic E-state index is 11.1. The van der Waals surface area contributed by atoms with Crippen molar-refractivity contribution in [2.45, 2.75) is 116 Å². The fraction of sp³-hybridized carbons (Fsp3) is 0.909. The molecule has 1 N–H and O–H groups in total. The Morgan fingerprint density at radius 3 is 1.68 bits per heavy atom. The first kappa shape index (κ1) is 27.2. The van der Waals surface area contributed by atoms with Gasteiger partial charge in [-0.1, -0.05) is 96.3 Å². The number of hydrogen-bond donors (Lipinski definition) is 1. The van der Waals surface area contributed by atoms with Crippen LogP contribution in [-0.2, 0) is 19.6 Å². The van der Waals surface area contributed by atoms with Crippen molar-refractivity contribution in [1.82, 2.24) is 0 Å². The Kier molecular flexibility index (Phi) is 19.0. The van der Waals surface area contributed by atoms with E-state index in [0.29, 0.717) is 13.0 Å². The van der Waals surface area contributed by atoms with Gasteiger partial charge < -0.3 is 9.47 Å². The first-order valence-corrected chi connectivity index (χ1v) is 12.7. The molecule has 28 heavy (non-hydrogen) atoms. The van der Waals surface area contributed by atoms with E-state index >= 15 is 0 Å². The lowest BCUT2D eigenvalue weighted by Crippen LogP contribution is -2.27. The van der Waals surface area contributed by atoms with Gasteiger partial charge in [0.05, 0.1) is 0 Å². The van der Waals surface area contributed by atoms with Gasteiger partial charge >= 0.3 is 10.1 Å². The lowest BCUT2D eigenvalue weighted by atomic mass is 10.0. The highest BCUT2D eigenvalue weighted by atomic mass is 32.2. The molecule has 0 spiro atoms. The summed E-state index contributed by atoms with van der Waals surface area (Å²) in [6, 6.07) is 0. The highest BCUT2D eigenvalue weighted by Gasteiger charge is 2.24. The Labute approximate surface area is 173 Å². The first-order chi connectivity index (χ1) is 13.5. The molecule has 0 aliphatic rings. The Balaban J connectivity index is 3.47. The zero-order chi connectivity index (χ0) is 20.9. The van der Waals surface area contributed by atoms with E-state index in [4.69, 9.17) is 14.0 Å². The molecule has 0 heterocycles. The summed E-state index contributed by atoms with van der Waals surface area (Å²) in [5.41, 5.74) is -1.43. The molecule has 0 rings (SSSR count). The van der Waals surface area contributed by atoms with Crippen molar-refractivity contribution < 1.29 is 22.4 Å². The maximum Gasteiger partial charge on any atom is 0.306 e. The number of rotatable bonds is 19. The van der Waals surface area contributed by atoms with Crippen molar-refractivity contribution >= 4 is 10.1 Å². The topological polar surface area (TPSA) is 72.8 Å². The van der Waals surface area contributed by atoms with E-state index in [2.05, 4.69) is 19.0 Å². The summed E-state index contributed by atoms with van der Waals surface area (Å²) >= 11 is 0. The molecule has 0 aromatic heterocycles. The molecule has 0 aliphatic heterocycles. The van der Waals surface area contributed by atoms with Crippen molar-refractivity contribution in [1.29, 1.82) is 0 Å². The van der Waals surface area contributed by atoms with Crippen molar-refractivity contribution in [3.8, 4) is 12.0 Å². The number of unbranched alkanes of at least 4 members (excludes halogenated alkanes) is 14. The Hall–Kier alpha value is -0.770. The molecular formula is C22H42O5S. The van der Waals surface area contributed by atoms with E-state index in [9.17, 15) is 8.42 Å². The molecular weight excluding hydrogens is 376 g/mol. The SMILES string of the molecule is CCCCCCCCCCCCCCCCC#COC(COCC)S(=O)(=O)O. The molecule has 0 saturated heterocycles. The van der Waals surface area contributed by atoms with Gasteiger partial charge in [-0.2, -0.15) is 8.42 Å². The smallest absolute Gasteiger partial charge is 0.306 e. The molecule has 5 nitrogen and oxygen atoms in total. The average Bonchev–Trinajstić information content (AvgIpc) is 2.65. The van der Waals surface area contributed by atoms with Crippen LogP contribution in [0.3, 0.4) is 0 Å². The van der Waals surface area contributed by atoms with Gasteiger partial charge in [0.1, 0.15) is 12.7 Å². The Bertz CT molecular complexity index is 493. The van der Waals surface area contributed by atoms with Crippen LogP contribution in [0.25, 0.3) is 0 Å². The summed E-state index contributed by atoms with van der Waals surface area (Å²) in [6.45, 7) is 4.13. The van der Waals surface area contributed by atoms with E-state index in [-0.39, 0.29) is 6.61 Å². The van der Waals surface area contributed by atoms with Crippen molar-refractivity contribution in [2.24, 2.45) is 0 Å². The third-order valence-electron chi connectivity index (χ3n) is 4.71. The van der Waals surface area contributed by atoms with Crippen LogP contribution in [0.4, 0.5) is 0 Å². The first-order valence-electron chi connectivity index (χ1n) is 11.2. The minimum atomic E-state index is -4.31. The van der Waals surface area contributed by atoms with Gasteiger partial charge in [-0.25, -0.2) is 0 Å². The van der Waals surface area contributed by atoms with Gasteiger partial charge in [0.15, 0.2) is 0 Å². The van der Waals surface area contributed by atoms with E-state index in [1.807, 2.05) is 0 Å². The van der Waals surface area contributed by atoms with Crippen LogP contribution in [0, 0.1) is 12.0 Å². The van der Waals surface area contributed by atoms with E-state index < -0.39 is 15.6 Å². The number of hydrogen-bond acceptors (Lipinski definition) is 4. The lowest BCUT2D eigenvalue weighted by Gasteiger charge is -2.10. The van der Waals surface area contributed by atoms with Crippen molar-refractivity contribution in [3.05, 3.63) is 0 Å². The largest absolute Gasteiger partial charge is 0.422 e. The molecule has 0 fully saturated rings. The van der Waals surface area contributed by atoms with Gasteiger partial charge in [0.25, 0.3) is 5.44 Å². The van der Waals surface area contributed by atoms with Gasteiger partial charge in [0.2, 0.25) is 0 Å². The molecule has 0 aliphatic carbocycles. The standard InChI is InChI=1S/C22H42O5S/c1-3-5-6-7-8-9-10-11-12-13-14-15-16-17-18-19-20-27-22(21-26-4-2)28(23,24)25/h22H,3-18,21H2,1-2H3,(H,23,24,25). The monoisotopic (exact) mass is 418 g/mol. The van der Waals surface area contributed by atoms with Crippen LogP contribution in [0.5, 0.6) is 0 Å². The third kappa shape index (κ3) is 18.6. The summed E-state index contributed by atoms with van der Waals surface area (Å²) in [4.78, 5) is 0. The Morgan fingerprint density at radius 2 is 1.25 bits per heavy atom. The number of ether oxygens (including phenoxy) is 2. The average molecular weight is 419 g/mol. The molecule has 0 aromatic rings. The molecule has 166 valence electrons. The normalized spacial score (nSPS) is 12.4.